The molecule has 2 unspecified atom stereocenters. The topological polar surface area (TPSA) is 49.9 Å². The van der Waals surface area contributed by atoms with Crippen molar-refractivity contribution in [3.05, 3.63) is 101 Å². The summed E-state index contributed by atoms with van der Waals surface area (Å²) >= 11 is 0. The van der Waals surface area contributed by atoms with E-state index in [2.05, 4.69) is 9.64 Å². The van der Waals surface area contributed by atoms with Crippen molar-refractivity contribution in [2.24, 2.45) is 5.92 Å². The number of hydrogen-bond donors (Lipinski definition) is 0. The lowest BCUT2D eigenvalue weighted by Gasteiger charge is -2.38. The van der Waals surface area contributed by atoms with E-state index in [0.29, 0.717) is 50.2 Å². The van der Waals surface area contributed by atoms with Crippen LogP contribution in [-0.4, -0.2) is 65.5 Å². The van der Waals surface area contributed by atoms with Crippen LogP contribution in [0.2, 0.25) is 0 Å². The van der Waals surface area contributed by atoms with Crippen LogP contribution in [0.4, 0.5) is 39.5 Å². The highest BCUT2D eigenvalue weighted by molar-refractivity contribution is 7.86. The van der Waals surface area contributed by atoms with Crippen molar-refractivity contribution in [3.8, 4) is 0 Å². The monoisotopic (exact) mass is 706 g/mol. The van der Waals surface area contributed by atoms with Gasteiger partial charge in [-0.05, 0) is 81.4 Å². The molecule has 3 aromatic rings. The molecule has 2 saturated heterocycles. The predicted octanol–water partition coefficient (Wildman–Crippen LogP) is 7.22. The summed E-state index contributed by atoms with van der Waals surface area (Å²) in [5, 5.41) is 0. The van der Waals surface area contributed by atoms with Gasteiger partial charge in [-0.3, -0.25) is 9.00 Å². The first-order valence-corrected chi connectivity index (χ1v) is 16.1. The molecule has 2 heterocycles. The lowest BCUT2D eigenvalue weighted by Crippen LogP contribution is -2.56. The van der Waals surface area contributed by atoms with E-state index in [9.17, 15) is 48.5 Å². The van der Waals surface area contributed by atoms with Crippen LogP contribution in [0.1, 0.15) is 36.0 Å². The number of benzene rings is 3. The van der Waals surface area contributed by atoms with Gasteiger partial charge in [0.1, 0.15) is 17.5 Å². The van der Waals surface area contributed by atoms with Crippen LogP contribution in [0.3, 0.4) is 0 Å². The lowest BCUT2D eigenvalue weighted by atomic mass is 9.88. The van der Waals surface area contributed by atoms with Crippen molar-refractivity contribution in [1.82, 2.24) is 9.80 Å². The molecule has 15 heteroatoms. The summed E-state index contributed by atoms with van der Waals surface area (Å²) in [6, 6.07) is 9.86. The third-order valence-corrected chi connectivity index (χ3v) is 11.1. The fourth-order valence-electron chi connectivity index (χ4n) is 6.36. The summed E-state index contributed by atoms with van der Waals surface area (Å²) in [6.45, 7) is -0.374. The largest absolute Gasteiger partial charge is 0.430 e. The zero-order valence-corrected chi connectivity index (χ0v) is 26.3. The summed E-state index contributed by atoms with van der Waals surface area (Å²) in [7, 11) is -0.125. The van der Waals surface area contributed by atoms with Crippen LogP contribution in [0, 0.1) is 23.4 Å². The normalized spacial score (nSPS) is 20.7. The Morgan fingerprint density at radius 2 is 1.42 bits per heavy atom. The molecule has 2 aliphatic rings. The van der Waals surface area contributed by atoms with Gasteiger partial charge in [0.15, 0.2) is 0 Å². The zero-order chi connectivity index (χ0) is 35.1. The average Bonchev–Trinajstić information content (AvgIpc) is 3.48. The molecule has 3 aromatic carbocycles. The van der Waals surface area contributed by atoms with Crippen molar-refractivity contribution in [3.63, 3.8) is 0 Å². The van der Waals surface area contributed by atoms with Gasteiger partial charge in [-0.25, -0.2) is 13.2 Å². The van der Waals surface area contributed by atoms with Gasteiger partial charge >= 0.3 is 12.4 Å². The summed E-state index contributed by atoms with van der Waals surface area (Å²) in [4.78, 5) is 17.2. The van der Waals surface area contributed by atoms with Crippen LogP contribution in [-0.2, 0) is 37.3 Å². The Morgan fingerprint density at radius 3 is 1.96 bits per heavy atom. The Labute approximate surface area is 273 Å². The van der Waals surface area contributed by atoms with Crippen LogP contribution in [0.25, 0.3) is 0 Å². The lowest BCUT2D eigenvalue weighted by molar-refractivity contribution is -0.392. The van der Waals surface area contributed by atoms with Crippen LogP contribution >= 0.6 is 0 Å². The Hall–Kier alpha value is -3.43. The van der Waals surface area contributed by atoms with Crippen molar-refractivity contribution in [2.45, 2.75) is 53.5 Å². The van der Waals surface area contributed by atoms with E-state index in [1.54, 1.807) is 0 Å². The number of carbonyl (C=O) groups excluding carboxylic acids is 1. The van der Waals surface area contributed by atoms with E-state index in [4.69, 9.17) is 0 Å². The molecular formula is C33H31F9N2O3S. The van der Waals surface area contributed by atoms with Gasteiger partial charge in [0, 0.05) is 35.0 Å². The second kappa shape index (κ2) is 13.5. The molecule has 2 aliphatic heterocycles. The first-order valence-electron chi connectivity index (χ1n) is 15.0. The van der Waals surface area contributed by atoms with Crippen molar-refractivity contribution >= 4 is 16.7 Å². The highest BCUT2D eigenvalue weighted by Crippen LogP contribution is 2.54. The summed E-state index contributed by atoms with van der Waals surface area (Å²) in [5.41, 5.74) is -7.47. The Balaban J connectivity index is 1.55. The fraction of sp³-hybridized carbons (Fsp3) is 0.424. The number of alkyl halides is 6. The second-order valence-corrected chi connectivity index (χ2v) is 13.8. The molecule has 0 bridgehead atoms. The smallest absolute Gasteiger partial charge is 0.349 e. The van der Waals surface area contributed by atoms with Gasteiger partial charge in [-0.2, -0.15) is 26.3 Å². The molecule has 2 atom stereocenters. The Kier molecular flexibility index (Phi) is 10.1. The van der Waals surface area contributed by atoms with Crippen LogP contribution in [0.5, 0.6) is 0 Å². The molecule has 0 N–H and O–H groups in total. The number of halogens is 9. The number of hydrogen-bond acceptors (Lipinski definition) is 4. The van der Waals surface area contributed by atoms with Gasteiger partial charge in [0.25, 0.3) is 5.60 Å². The van der Waals surface area contributed by atoms with E-state index in [1.807, 2.05) is 7.05 Å². The SMILES string of the molecule is CN1CCC(C(=O)N2CCC(c3ccc(C(OCc4c(F)cccc4F)(C(F)(F)F)C(F)(F)F)cc3)(S(=O)c3ccc(F)cc3)C2)CC1. The molecule has 48 heavy (non-hydrogen) atoms. The van der Waals surface area contributed by atoms with Gasteiger partial charge in [-0.1, -0.05) is 30.3 Å². The van der Waals surface area contributed by atoms with Gasteiger partial charge in [0.2, 0.25) is 5.91 Å². The highest BCUT2D eigenvalue weighted by Gasteiger charge is 2.73. The minimum atomic E-state index is -6.15. The zero-order valence-electron chi connectivity index (χ0n) is 25.5. The highest BCUT2D eigenvalue weighted by atomic mass is 32.2. The number of nitrogens with zero attached hydrogens (tertiary/aromatic N) is 2. The minimum absolute atomic E-state index is 0.0431. The van der Waals surface area contributed by atoms with Gasteiger partial charge < -0.3 is 14.5 Å². The van der Waals surface area contributed by atoms with E-state index in [0.717, 1.165) is 30.3 Å². The second-order valence-electron chi connectivity index (χ2n) is 12.0. The van der Waals surface area contributed by atoms with E-state index < -0.39 is 68.7 Å². The number of rotatable bonds is 8. The van der Waals surface area contributed by atoms with Crippen LogP contribution < -0.4 is 0 Å². The molecular weight excluding hydrogens is 675 g/mol. The first-order chi connectivity index (χ1) is 22.5. The molecule has 0 saturated carbocycles. The van der Waals surface area contributed by atoms with Crippen molar-refractivity contribution < 1.29 is 53.3 Å². The van der Waals surface area contributed by atoms with E-state index >= 15 is 0 Å². The number of ether oxygens (including phenoxy) is 1. The quantitative estimate of drug-likeness (QED) is 0.233. The predicted molar refractivity (Wildman–Crippen MR) is 157 cm³/mol. The third-order valence-electron chi connectivity index (χ3n) is 9.10. The molecule has 2 fully saturated rings. The Morgan fingerprint density at radius 1 is 0.854 bits per heavy atom. The van der Waals surface area contributed by atoms with Crippen molar-refractivity contribution in [2.75, 3.05) is 33.2 Å². The van der Waals surface area contributed by atoms with Gasteiger partial charge in [-0.15, -0.1) is 0 Å². The minimum Gasteiger partial charge on any atom is -0.349 e. The molecule has 0 aromatic heterocycles. The van der Waals surface area contributed by atoms with Crippen LogP contribution in [0.15, 0.2) is 71.6 Å². The summed E-state index contributed by atoms with van der Waals surface area (Å²) in [6.07, 6.45) is -11.1. The molecule has 0 radical (unpaired) electrons. The van der Waals surface area contributed by atoms with Crippen molar-refractivity contribution in [1.29, 1.82) is 0 Å². The molecule has 0 spiro atoms. The third kappa shape index (κ3) is 6.60. The van der Waals surface area contributed by atoms with E-state index in [1.165, 1.54) is 17.0 Å². The number of piperidine rings is 1. The summed E-state index contributed by atoms with van der Waals surface area (Å²) < 4.78 is 146. The molecule has 260 valence electrons. The van der Waals surface area contributed by atoms with Gasteiger partial charge in [0.05, 0.1) is 22.2 Å². The molecule has 1 amide bonds. The number of amides is 1. The maximum absolute atomic E-state index is 14.5. The average molecular weight is 707 g/mol. The Bertz CT molecular complexity index is 1610. The summed E-state index contributed by atoms with van der Waals surface area (Å²) in [5.74, 6) is -3.91. The fourth-order valence-corrected chi connectivity index (χ4v) is 8.09. The molecule has 5 nitrogen and oxygen atoms in total. The first kappa shape index (κ1) is 35.9. The maximum Gasteiger partial charge on any atom is 0.430 e. The number of likely N-dealkylation sites (tertiary alicyclic amines) is 2. The maximum atomic E-state index is 14.5. The number of carbonyl (C=O) groups is 1. The molecule has 0 aliphatic carbocycles. The molecule has 5 rings (SSSR count). The van der Waals surface area contributed by atoms with E-state index in [-0.39, 0.29) is 41.8 Å². The standard InChI is InChI=1S/C33H31F9N2O3S/c1-43-16-13-21(14-17-43)29(45)44-18-15-30(20-44,48(46)25-11-9-24(34)10-12-25)22-5-7-23(8-6-22)31(32(37,38)39,33(40,41)42)47-19-26-27(35)3-2-4-28(26)36/h2-12,21H,13-20H2,1H3.